The molecule has 0 saturated carbocycles. The fourth-order valence-electron chi connectivity index (χ4n) is 3.87. The van der Waals surface area contributed by atoms with E-state index in [1.807, 2.05) is 15.8 Å². The summed E-state index contributed by atoms with van der Waals surface area (Å²) in [5.41, 5.74) is 4.29. The molecule has 0 unspecified atom stereocenters. The first-order chi connectivity index (χ1) is 13.3. The van der Waals surface area contributed by atoms with Crippen molar-refractivity contribution in [2.75, 3.05) is 18.0 Å². The van der Waals surface area contributed by atoms with Gasteiger partial charge in [0.2, 0.25) is 6.34 Å². The first-order valence-electron chi connectivity index (χ1n) is 8.81. The molecule has 156 valence electrons. The van der Waals surface area contributed by atoms with Crippen molar-refractivity contribution in [1.82, 2.24) is 0 Å². The molecule has 11 heteroatoms. The maximum Gasteiger partial charge on any atom is 1.00 e. The number of aryl methyl sites for hydroxylation is 4. The molecule has 1 aliphatic rings. The summed E-state index contributed by atoms with van der Waals surface area (Å²) in [4.78, 5) is 1.45. The second-order valence-electron chi connectivity index (χ2n) is 7.22. The van der Waals surface area contributed by atoms with Crippen molar-refractivity contribution in [1.29, 1.82) is 0 Å². The first-order valence-corrected chi connectivity index (χ1v) is 11.6. The minimum absolute atomic E-state index is 0. The zero-order valence-corrected chi connectivity index (χ0v) is 21.1. The van der Waals surface area contributed by atoms with E-state index in [1.165, 1.54) is 24.3 Å². The normalized spacial score (nSPS) is 14.5. The van der Waals surface area contributed by atoms with Crippen molar-refractivity contribution < 1.29 is 60.1 Å². The van der Waals surface area contributed by atoms with E-state index in [0.717, 1.165) is 11.4 Å². The average molecular weight is 461 g/mol. The summed E-state index contributed by atoms with van der Waals surface area (Å²) in [6.45, 7) is 8.23. The molecule has 8 nitrogen and oxygen atoms in total. The molecule has 0 amide bonds. The van der Waals surface area contributed by atoms with E-state index in [-0.39, 0.29) is 39.3 Å². The molecule has 0 spiro atoms. The molecular formula is C19H21N2NaO6S2. The van der Waals surface area contributed by atoms with Crippen LogP contribution in [-0.2, 0) is 20.2 Å². The van der Waals surface area contributed by atoms with Gasteiger partial charge in [-0.3, -0.25) is 0 Å². The monoisotopic (exact) mass is 460 g/mol. The van der Waals surface area contributed by atoms with Gasteiger partial charge in [-0.15, -0.1) is 0 Å². The van der Waals surface area contributed by atoms with Crippen molar-refractivity contribution in [3.8, 4) is 0 Å². The standard InChI is InChI=1S/C19H22N2O6S2.Na/c1-12-7-16(28(22,23)24)8-13(2)18(12)20-5-6-21(11-20)19-14(3)9-17(10-15(19)4)29(25,26)27;/h7-11H,5-6H2,1-4H3,(H-,22,23,24,25,26,27);/q;+1/p-1. The fraction of sp³-hybridized carbons (Fsp3) is 0.316. The topological polar surface area (TPSA) is 121 Å². The van der Waals surface area contributed by atoms with Gasteiger partial charge in [0.25, 0.3) is 0 Å². The van der Waals surface area contributed by atoms with Gasteiger partial charge in [-0.2, -0.15) is 0 Å². The summed E-state index contributed by atoms with van der Waals surface area (Å²) in [5, 5.41) is 0. The van der Waals surface area contributed by atoms with Crippen LogP contribution in [0.1, 0.15) is 22.3 Å². The predicted molar refractivity (Wildman–Crippen MR) is 106 cm³/mol. The number of hydrogen-bond acceptors (Lipinski definition) is 7. The maximum atomic E-state index is 11.3. The third kappa shape index (κ3) is 4.96. The molecule has 2 aromatic carbocycles. The number of nitrogens with zero attached hydrogens (tertiary/aromatic N) is 2. The molecule has 0 atom stereocenters. The van der Waals surface area contributed by atoms with Crippen LogP contribution in [0.4, 0.5) is 11.4 Å². The molecule has 2 aromatic rings. The van der Waals surface area contributed by atoms with Gasteiger partial charge in [0, 0.05) is 0 Å². The Labute approximate surface area is 199 Å². The van der Waals surface area contributed by atoms with Crippen LogP contribution in [-0.4, -0.2) is 49.9 Å². The van der Waals surface area contributed by atoms with Gasteiger partial charge in [-0.05, 0) is 74.2 Å². The van der Waals surface area contributed by atoms with Gasteiger partial charge in [0.15, 0.2) is 0 Å². The number of rotatable bonds is 4. The molecule has 3 rings (SSSR count). The molecule has 0 aliphatic carbocycles. The van der Waals surface area contributed by atoms with Crippen LogP contribution < -0.4 is 34.5 Å². The van der Waals surface area contributed by atoms with E-state index in [2.05, 4.69) is 0 Å². The number of benzene rings is 2. The zero-order chi connectivity index (χ0) is 21.7. The summed E-state index contributed by atoms with van der Waals surface area (Å²) < 4.78 is 69.9. The van der Waals surface area contributed by atoms with E-state index >= 15 is 0 Å². The van der Waals surface area contributed by atoms with Gasteiger partial charge >= 0.3 is 29.6 Å². The zero-order valence-electron chi connectivity index (χ0n) is 17.5. The minimum atomic E-state index is -4.53. The third-order valence-electron chi connectivity index (χ3n) is 4.94. The summed E-state index contributed by atoms with van der Waals surface area (Å²) >= 11 is 0. The van der Waals surface area contributed by atoms with Crippen LogP contribution in [0.3, 0.4) is 0 Å². The molecule has 0 aromatic heterocycles. The fourth-order valence-corrected chi connectivity index (χ4v) is 5.15. The van der Waals surface area contributed by atoms with E-state index < -0.39 is 20.2 Å². The van der Waals surface area contributed by atoms with E-state index in [4.69, 9.17) is 0 Å². The smallest absolute Gasteiger partial charge is 0.744 e. The van der Waals surface area contributed by atoms with Crippen LogP contribution in [0.5, 0.6) is 0 Å². The Bertz CT molecular complexity index is 1210. The van der Waals surface area contributed by atoms with Crippen LogP contribution in [0.15, 0.2) is 34.1 Å². The minimum Gasteiger partial charge on any atom is -0.744 e. The molecule has 0 fully saturated rings. The molecule has 0 saturated heterocycles. The van der Waals surface area contributed by atoms with Crippen molar-refractivity contribution in [3.05, 3.63) is 46.5 Å². The van der Waals surface area contributed by atoms with E-state index in [1.54, 1.807) is 27.7 Å². The Balaban J connectivity index is 0.00000320. The van der Waals surface area contributed by atoms with Crippen molar-refractivity contribution in [2.45, 2.75) is 37.5 Å². The molecule has 1 aliphatic heterocycles. The number of anilines is 1. The summed E-state index contributed by atoms with van der Waals surface area (Å²) in [6, 6.07) is 5.47. The molecule has 0 radical (unpaired) electrons. The van der Waals surface area contributed by atoms with E-state index in [9.17, 15) is 25.9 Å². The van der Waals surface area contributed by atoms with Crippen molar-refractivity contribution in [3.63, 3.8) is 0 Å². The Morgan fingerprint density at radius 2 is 1.20 bits per heavy atom. The Hall–Kier alpha value is -1.27. The first kappa shape index (κ1) is 25.0. The molecule has 30 heavy (non-hydrogen) atoms. The van der Waals surface area contributed by atoms with Crippen LogP contribution >= 0.6 is 0 Å². The number of hydrogen-bond donors (Lipinski definition) is 0. The predicted octanol–water partition coefficient (Wildman–Crippen LogP) is -1.08. The van der Waals surface area contributed by atoms with Gasteiger partial charge < -0.3 is 9.11 Å². The summed E-state index contributed by atoms with van der Waals surface area (Å²) in [7, 11) is -9.07. The molecule has 1 heterocycles. The molecule has 0 N–H and O–H groups in total. The summed E-state index contributed by atoms with van der Waals surface area (Å²) in [6.07, 6.45) is 1.86. The summed E-state index contributed by atoms with van der Waals surface area (Å²) in [5.74, 6) is 0. The van der Waals surface area contributed by atoms with E-state index in [0.29, 0.717) is 35.3 Å². The molecular weight excluding hydrogens is 439 g/mol. The van der Waals surface area contributed by atoms with Crippen molar-refractivity contribution in [2.24, 2.45) is 0 Å². The Morgan fingerprint density at radius 3 is 1.60 bits per heavy atom. The van der Waals surface area contributed by atoms with Crippen LogP contribution in [0, 0.1) is 27.7 Å². The van der Waals surface area contributed by atoms with Gasteiger partial charge in [-0.1, -0.05) is 0 Å². The Kier molecular flexibility index (Phi) is 7.25. The maximum absolute atomic E-state index is 11.3. The largest absolute Gasteiger partial charge is 1.00 e. The van der Waals surface area contributed by atoms with Crippen LogP contribution in [0.2, 0.25) is 0 Å². The van der Waals surface area contributed by atoms with Gasteiger partial charge in [-0.25, -0.2) is 26.3 Å². The average Bonchev–Trinajstić information content (AvgIpc) is 3.00. The van der Waals surface area contributed by atoms with Crippen LogP contribution in [0.25, 0.3) is 0 Å². The SMILES string of the molecule is Cc1cc(S(=O)(=O)[O-])cc(C)c1N1C=[N+](c2c(C)cc(S(=O)(=O)[O-])cc2C)CC1.[Na+]. The Morgan fingerprint density at radius 1 is 0.800 bits per heavy atom. The van der Waals surface area contributed by atoms with Crippen molar-refractivity contribution >= 4 is 37.9 Å². The quantitative estimate of drug-likeness (QED) is 0.323. The molecule has 0 bridgehead atoms. The second-order valence-corrected chi connectivity index (χ2v) is 9.98. The van der Waals surface area contributed by atoms with Gasteiger partial charge in [0.05, 0.1) is 9.79 Å². The van der Waals surface area contributed by atoms with Gasteiger partial charge in [0.1, 0.15) is 44.7 Å². The third-order valence-corrected chi connectivity index (χ3v) is 6.57. The second kappa shape index (κ2) is 8.70.